The third-order valence-corrected chi connectivity index (χ3v) is 5.92. The van der Waals surface area contributed by atoms with Crippen LogP contribution >= 0.6 is 11.8 Å². The monoisotopic (exact) mass is 380 g/mol. The Labute approximate surface area is 155 Å². The summed E-state index contributed by atoms with van der Waals surface area (Å²) in [6, 6.07) is 5.42. The normalized spacial score (nSPS) is 24.1. The van der Waals surface area contributed by atoms with Gasteiger partial charge < -0.3 is 14.4 Å². The minimum atomic E-state index is -0.568. The molecule has 1 aromatic rings. The van der Waals surface area contributed by atoms with E-state index in [1.807, 2.05) is 0 Å². The van der Waals surface area contributed by atoms with Gasteiger partial charge in [0.1, 0.15) is 12.6 Å². The van der Waals surface area contributed by atoms with Crippen LogP contribution in [0.25, 0.3) is 0 Å². The molecule has 1 amide bonds. The first-order valence-electron chi connectivity index (χ1n) is 8.33. The van der Waals surface area contributed by atoms with Crippen LogP contribution in [-0.4, -0.2) is 58.5 Å². The van der Waals surface area contributed by atoms with E-state index in [1.54, 1.807) is 35.9 Å². The lowest BCUT2D eigenvalue weighted by Crippen LogP contribution is -2.55. The van der Waals surface area contributed by atoms with Gasteiger partial charge in [0, 0.05) is 42.7 Å². The Morgan fingerprint density at radius 1 is 1.38 bits per heavy atom. The van der Waals surface area contributed by atoms with Crippen molar-refractivity contribution >= 4 is 29.3 Å². The number of fused-ring (bicyclic) bond motifs is 1. The second-order valence-electron chi connectivity index (χ2n) is 6.27. The van der Waals surface area contributed by atoms with Crippen molar-refractivity contribution in [2.75, 3.05) is 19.5 Å². The molecule has 26 heavy (non-hydrogen) atoms. The van der Waals surface area contributed by atoms with Gasteiger partial charge in [-0.1, -0.05) is 0 Å². The summed E-state index contributed by atoms with van der Waals surface area (Å²) in [6.07, 6.45) is 1.28. The summed E-state index contributed by atoms with van der Waals surface area (Å²) in [5.41, 5.74) is 0.650. The second-order valence-corrected chi connectivity index (χ2v) is 7.62. The van der Waals surface area contributed by atoms with Gasteiger partial charge in [0.25, 0.3) is 5.69 Å². The van der Waals surface area contributed by atoms with Gasteiger partial charge in [-0.15, -0.1) is 0 Å². The lowest BCUT2D eigenvalue weighted by atomic mass is 10.0. The molecule has 1 aromatic carbocycles. The Bertz CT molecular complexity index is 695. The highest BCUT2D eigenvalue weighted by Crippen LogP contribution is 2.41. The number of nitro benzene ring substituents is 1. The molecule has 2 aliphatic rings. The molecule has 3 rings (SSSR count). The first-order chi connectivity index (χ1) is 12.5. The molecule has 8 nitrogen and oxygen atoms in total. The lowest BCUT2D eigenvalue weighted by Gasteiger charge is -2.37. The van der Waals surface area contributed by atoms with Crippen LogP contribution in [0.15, 0.2) is 24.3 Å². The van der Waals surface area contributed by atoms with Crippen molar-refractivity contribution in [3.05, 3.63) is 39.9 Å². The molecule has 1 unspecified atom stereocenters. The van der Waals surface area contributed by atoms with Crippen LogP contribution in [0.2, 0.25) is 0 Å². The van der Waals surface area contributed by atoms with Crippen molar-refractivity contribution in [1.29, 1.82) is 0 Å². The number of nitro groups is 1. The van der Waals surface area contributed by atoms with E-state index in [2.05, 4.69) is 0 Å². The number of methoxy groups -OCH3 is 1. The molecule has 2 heterocycles. The van der Waals surface area contributed by atoms with E-state index in [9.17, 15) is 19.7 Å². The number of non-ortho nitro benzene ring substituents is 1. The van der Waals surface area contributed by atoms with Gasteiger partial charge in [-0.25, -0.2) is 4.79 Å². The topological polar surface area (TPSA) is 99.0 Å². The molecule has 3 atom stereocenters. The minimum absolute atomic E-state index is 0.00552. The summed E-state index contributed by atoms with van der Waals surface area (Å²) < 4.78 is 10.5. The molecule has 0 N–H and O–H groups in total. The Morgan fingerprint density at radius 3 is 2.73 bits per heavy atom. The summed E-state index contributed by atoms with van der Waals surface area (Å²) in [5, 5.41) is 10.7. The zero-order valence-electron chi connectivity index (χ0n) is 14.3. The number of carbonyl (C=O) groups is 2. The highest BCUT2D eigenvalue weighted by Gasteiger charge is 2.54. The number of carbonyl (C=O) groups excluding carboxylic acids is 2. The van der Waals surface area contributed by atoms with Gasteiger partial charge in [0.2, 0.25) is 5.91 Å². The Balaban J connectivity index is 1.60. The van der Waals surface area contributed by atoms with Crippen molar-refractivity contribution in [3.8, 4) is 0 Å². The Hall–Kier alpha value is -2.13. The quantitative estimate of drug-likeness (QED) is 0.223. The second kappa shape index (κ2) is 8.05. The van der Waals surface area contributed by atoms with Gasteiger partial charge in [-0.2, -0.15) is 11.8 Å². The van der Waals surface area contributed by atoms with Crippen LogP contribution in [0.3, 0.4) is 0 Å². The zero-order valence-corrected chi connectivity index (χ0v) is 15.1. The lowest BCUT2D eigenvalue weighted by molar-refractivity contribution is -0.384. The van der Waals surface area contributed by atoms with Crippen LogP contribution in [-0.2, 0) is 25.7 Å². The molecule has 0 bridgehead atoms. The van der Waals surface area contributed by atoms with Crippen molar-refractivity contribution in [1.82, 2.24) is 4.90 Å². The SMILES string of the molecule is COCCS[C@@H]1CC2CC(=O)N2[C@@H]1C(=O)OCc1ccc([N+](=O)[O-])cc1. The summed E-state index contributed by atoms with van der Waals surface area (Å²) in [5.74, 6) is 0.318. The fraction of sp³-hybridized carbons (Fsp3) is 0.529. The van der Waals surface area contributed by atoms with Crippen LogP contribution in [0.1, 0.15) is 18.4 Å². The number of nitrogens with zero attached hydrogens (tertiary/aromatic N) is 2. The standard InChI is InChI=1S/C17H20N2O6S/c1-24-6-7-26-14-8-13-9-15(20)18(13)16(14)17(21)25-10-11-2-4-12(5-3-11)19(22)23/h2-5,13-14,16H,6-10H2,1H3/t13?,14-,16+/m1/s1. The van der Waals surface area contributed by atoms with Crippen molar-refractivity contribution < 1.29 is 24.0 Å². The first-order valence-corrected chi connectivity index (χ1v) is 9.38. The molecular weight excluding hydrogens is 360 g/mol. The highest BCUT2D eigenvalue weighted by molar-refractivity contribution is 8.00. The number of hydrogen-bond acceptors (Lipinski definition) is 7. The van der Waals surface area contributed by atoms with Crippen LogP contribution in [0, 0.1) is 10.1 Å². The third kappa shape index (κ3) is 3.83. The molecule has 0 aliphatic carbocycles. The molecule has 2 fully saturated rings. The molecule has 0 aromatic heterocycles. The Morgan fingerprint density at radius 2 is 2.12 bits per heavy atom. The minimum Gasteiger partial charge on any atom is -0.459 e. The number of benzene rings is 1. The number of rotatable bonds is 8. The number of hydrogen-bond donors (Lipinski definition) is 0. The van der Waals surface area contributed by atoms with E-state index < -0.39 is 16.9 Å². The summed E-state index contributed by atoms with van der Waals surface area (Å²) in [6.45, 7) is 0.611. The molecule has 140 valence electrons. The van der Waals surface area contributed by atoms with Crippen LogP contribution in [0.5, 0.6) is 0 Å². The maximum absolute atomic E-state index is 12.6. The average molecular weight is 380 g/mol. The van der Waals surface area contributed by atoms with E-state index in [0.29, 0.717) is 18.6 Å². The van der Waals surface area contributed by atoms with E-state index in [0.717, 1.165) is 12.2 Å². The molecule has 2 saturated heterocycles. The number of β-lactam (4-membered cyclic amide) rings is 1. The summed E-state index contributed by atoms with van der Waals surface area (Å²) in [7, 11) is 1.63. The van der Waals surface area contributed by atoms with E-state index in [4.69, 9.17) is 9.47 Å². The van der Waals surface area contributed by atoms with Crippen LogP contribution in [0.4, 0.5) is 5.69 Å². The molecule has 9 heteroatoms. The first kappa shape index (κ1) is 18.7. The fourth-order valence-corrected chi connectivity index (χ4v) is 4.66. The maximum atomic E-state index is 12.6. The largest absolute Gasteiger partial charge is 0.459 e. The van der Waals surface area contributed by atoms with E-state index >= 15 is 0 Å². The van der Waals surface area contributed by atoms with E-state index in [-0.39, 0.29) is 29.5 Å². The summed E-state index contributed by atoms with van der Waals surface area (Å²) >= 11 is 1.63. The van der Waals surface area contributed by atoms with Crippen molar-refractivity contribution in [2.45, 2.75) is 36.8 Å². The van der Waals surface area contributed by atoms with E-state index in [1.165, 1.54) is 12.1 Å². The smallest absolute Gasteiger partial charge is 0.330 e. The zero-order chi connectivity index (χ0) is 18.7. The average Bonchev–Trinajstić information content (AvgIpc) is 2.92. The van der Waals surface area contributed by atoms with Gasteiger partial charge in [-0.3, -0.25) is 14.9 Å². The number of thioether (sulfide) groups is 1. The predicted molar refractivity (Wildman–Crippen MR) is 94.7 cm³/mol. The maximum Gasteiger partial charge on any atom is 0.330 e. The molecule has 2 aliphatic heterocycles. The summed E-state index contributed by atoms with van der Waals surface area (Å²) in [4.78, 5) is 36.3. The molecule has 0 saturated carbocycles. The Kier molecular flexibility index (Phi) is 5.77. The van der Waals surface area contributed by atoms with Crippen LogP contribution < -0.4 is 0 Å². The third-order valence-electron chi connectivity index (χ3n) is 4.64. The molecular formula is C17H20N2O6S. The number of ether oxygens (including phenoxy) is 2. The highest BCUT2D eigenvalue weighted by atomic mass is 32.2. The molecule has 0 spiro atoms. The molecule has 0 radical (unpaired) electrons. The van der Waals surface area contributed by atoms with Gasteiger partial charge in [-0.05, 0) is 24.1 Å². The van der Waals surface area contributed by atoms with Gasteiger partial charge in [0.05, 0.1) is 11.5 Å². The van der Waals surface area contributed by atoms with Crippen molar-refractivity contribution in [3.63, 3.8) is 0 Å². The fourth-order valence-electron chi connectivity index (χ4n) is 3.31. The number of esters is 1. The number of amides is 1. The van der Waals surface area contributed by atoms with Gasteiger partial charge >= 0.3 is 5.97 Å². The van der Waals surface area contributed by atoms with Crippen molar-refractivity contribution in [2.24, 2.45) is 0 Å². The van der Waals surface area contributed by atoms with Gasteiger partial charge in [0.15, 0.2) is 0 Å². The predicted octanol–water partition coefficient (Wildman–Crippen LogP) is 1.76.